The second-order valence-corrected chi connectivity index (χ2v) is 8.84. The van der Waals surface area contributed by atoms with E-state index in [1.165, 1.54) is 24.3 Å². The van der Waals surface area contributed by atoms with Gasteiger partial charge in [-0.25, -0.2) is 4.79 Å². The van der Waals surface area contributed by atoms with E-state index < -0.39 is 5.97 Å². The van der Waals surface area contributed by atoms with Gasteiger partial charge in [-0.2, -0.15) is 0 Å². The number of ether oxygens (including phenoxy) is 1. The molecule has 3 rings (SSSR count). The molecule has 0 N–H and O–H groups in total. The SMILES string of the molecule is COC(=O)/C=C/c1cccc(C(=O)c2ccc3c(c2)C(C)(C)CCC3(C)C)c1. The Kier molecular flexibility index (Phi) is 5.29. The summed E-state index contributed by atoms with van der Waals surface area (Å²) in [6.45, 7) is 9.07. The number of carbonyl (C=O) groups excluding carboxylic acids is 2. The summed E-state index contributed by atoms with van der Waals surface area (Å²) in [5.41, 5.74) is 4.91. The van der Waals surface area contributed by atoms with Crippen LogP contribution < -0.4 is 0 Å². The van der Waals surface area contributed by atoms with Crippen LogP contribution in [0.3, 0.4) is 0 Å². The van der Waals surface area contributed by atoms with Crippen molar-refractivity contribution < 1.29 is 14.3 Å². The molecule has 3 heteroatoms. The number of esters is 1. The number of benzene rings is 2. The summed E-state index contributed by atoms with van der Waals surface area (Å²) in [4.78, 5) is 24.4. The molecule has 0 heterocycles. The fourth-order valence-corrected chi connectivity index (χ4v) is 3.91. The zero-order chi connectivity index (χ0) is 20.5. The molecule has 0 saturated carbocycles. The fraction of sp³-hybridized carbons (Fsp3) is 0.360. The van der Waals surface area contributed by atoms with Crippen LogP contribution in [0.5, 0.6) is 0 Å². The highest BCUT2D eigenvalue weighted by Crippen LogP contribution is 2.46. The van der Waals surface area contributed by atoms with Crippen molar-refractivity contribution in [2.45, 2.75) is 51.4 Å². The van der Waals surface area contributed by atoms with Crippen LogP contribution in [0, 0.1) is 0 Å². The number of carbonyl (C=O) groups is 2. The zero-order valence-corrected chi connectivity index (χ0v) is 17.3. The molecule has 0 atom stereocenters. The summed E-state index contributed by atoms with van der Waals surface area (Å²) in [5, 5.41) is 0. The minimum absolute atomic E-state index is 0.00435. The lowest BCUT2D eigenvalue weighted by Crippen LogP contribution is -2.34. The van der Waals surface area contributed by atoms with Gasteiger partial charge in [0, 0.05) is 17.2 Å². The summed E-state index contributed by atoms with van der Waals surface area (Å²) < 4.78 is 4.62. The second-order valence-electron chi connectivity index (χ2n) is 8.84. The van der Waals surface area contributed by atoms with Gasteiger partial charge in [-0.05, 0) is 58.6 Å². The monoisotopic (exact) mass is 376 g/mol. The maximum absolute atomic E-state index is 13.1. The number of ketones is 1. The molecule has 0 radical (unpaired) electrons. The normalized spacial score (nSPS) is 17.2. The van der Waals surface area contributed by atoms with Crippen molar-refractivity contribution >= 4 is 17.8 Å². The topological polar surface area (TPSA) is 43.4 Å². The second kappa shape index (κ2) is 7.38. The van der Waals surface area contributed by atoms with Gasteiger partial charge in [-0.15, -0.1) is 0 Å². The highest BCUT2D eigenvalue weighted by atomic mass is 16.5. The fourth-order valence-electron chi connectivity index (χ4n) is 3.91. The summed E-state index contributed by atoms with van der Waals surface area (Å²) in [6.07, 6.45) is 5.27. The summed E-state index contributed by atoms with van der Waals surface area (Å²) in [7, 11) is 1.34. The Bertz CT molecular complexity index is 948. The van der Waals surface area contributed by atoms with Crippen molar-refractivity contribution in [3.8, 4) is 0 Å². The van der Waals surface area contributed by atoms with Gasteiger partial charge in [0.1, 0.15) is 0 Å². The molecule has 0 unspecified atom stereocenters. The Labute approximate surface area is 167 Å². The predicted molar refractivity (Wildman–Crippen MR) is 113 cm³/mol. The van der Waals surface area contributed by atoms with Gasteiger partial charge < -0.3 is 4.74 Å². The highest BCUT2D eigenvalue weighted by Gasteiger charge is 2.37. The zero-order valence-electron chi connectivity index (χ0n) is 17.3. The first-order chi connectivity index (χ1) is 13.1. The molecule has 2 aromatic rings. The average molecular weight is 376 g/mol. The third-order valence-electron chi connectivity index (χ3n) is 5.88. The minimum Gasteiger partial charge on any atom is -0.466 e. The lowest BCUT2D eigenvalue weighted by atomic mass is 9.63. The van der Waals surface area contributed by atoms with Gasteiger partial charge in [0.25, 0.3) is 0 Å². The van der Waals surface area contributed by atoms with Crippen molar-refractivity contribution in [2.24, 2.45) is 0 Å². The maximum atomic E-state index is 13.1. The van der Waals surface area contributed by atoms with E-state index in [1.54, 1.807) is 12.1 Å². The van der Waals surface area contributed by atoms with Gasteiger partial charge >= 0.3 is 5.97 Å². The Hall–Kier alpha value is -2.68. The number of rotatable bonds is 4. The van der Waals surface area contributed by atoms with E-state index in [0.29, 0.717) is 11.1 Å². The molecular formula is C25H28O3. The van der Waals surface area contributed by atoms with Crippen LogP contribution in [0.4, 0.5) is 0 Å². The molecule has 2 aromatic carbocycles. The largest absolute Gasteiger partial charge is 0.466 e. The molecule has 28 heavy (non-hydrogen) atoms. The summed E-state index contributed by atoms with van der Waals surface area (Å²) in [6, 6.07) is 13.5. The van der Waals surface area contributed by atoms with Crippen LogP contribution in [0.2, 0.25) is 0 Å². The van der Waals surface area contributed by atoms with Crippen molar-refractivity contribution in [3.05, 3.63) is 76.4 Å². The van der Waals surface area contributed by atoms with Gasteiger partial charge in [0.2, 0.25) is 0 Å². The lowest BCUT2D eigenvalue weighted by Gasteiger charge is -2.42. The van der Waals surface area contributed by atoms with Gasteiger partial charge in [-0.3, -0.25) is 4.79 Å². The van der Waals surface area contributed by atoms with E-state index >= 15 is 0 Å². The molecule has 0 saturated heterocycles. The van der Waals surface area contributed by atoms with Crippen LogP contribution in [-0.2, 0) is 20.4 Å². The number of hydrogen-bond donors (Lipinski definition) is 0. The minimum atomic E-state index is -0.420. The summed E-state index contributed by atoms with van der Waals surface area (Å²) in [5.74, 6) is -0.424. The predicted octanol–water partition coefficient (Wildman–Crippen LogP) is 5.45. The van der Waals surface area contributed by atoms with Crippen molar-refractivity contribution in [3.63, 3.8) is 0 Å². The molecule has 1 aliphatic carbocycles. The van der Waals surface area contributed by atoms with E-state index in [1.807, 2.05) is 24.3 Å². The van der Waals surface area contributed by atoms with Gasteiger partial charge in [0.15, 0.2) is 5.78 Å². The molecule has 0 aliphatic heterocycles. The molecule has 0 bridgehead atoms. The Morgan fingerprint density at radius 3 is 2.21 bits per heavy atom. The molecule has 0 spiro atoms. The number of methoxy groups -OCH3 is 1. The quantitative estimate of drug-likeness (QED) is 0.405. The van der Waals surface area contributed by atoms with Crippen molar-refractivity contribution in [1.29, 1.82) is 0 Å². The van der Waals surface area contributed by atoms with Crippen LogP contribution in [0.1, 0.15) is 73.1 Å². The molecule has 0 amide bonds. The number of hydrogen-bond acceptors (Lipinski definition) is 3. The van der Waals surface area contributed by atoms with Crippen LogP contribution in [0.15, 0.2) is 48.5 Å². The van der Waals surface area contributed by atoms with Gasteiger partial charge in [-0.1, -0.05) is 58.0 Å². The first-order valence-electron chi connectivity index (χ1n) is 9.70. The van der Waals surface area contributed by atoms with Crippen LogP contribution >= 0.6 is 0 Å². The van der Waals surface area contributed by atoms with Crippen LogP contribution in [-0.4, -0.2) is 18.9 Å². The van der Waals surface area contributed by atoms with E-state index in [0.717, 1.165) is 18.4 Å². The molecule has 0 aromatic heterocycles. The highest BCUT2D eigenvalue weighted by molar-refractivity contribution is 6.09. The van der Waals surface area contributed by atoms with E-state index in [9.17, 15) is 9.59 Å². The van der Waals surface area contributed by atoms with E-state index in [4.69, 9.17) is 0 Å². The van der Waals surface area contributed by atoms with E-state index in [-0.39, 0.29) is 16.6 Å². The smallest absolute Gasteiger partial charge is 0.330 e. The molecule has 0 fully saturated rings. The van der Waals surface area contributed by atoms with Crippen molar-refractivity contribution in [2.75, 3.05) is 7.11 Å². The molecular weight excluding hydrogens is 348 g/mol. The van der Waals surface area contributed by atoms with Gasteiger partial charge in [0.05, 0.1) is 7.11 Å². The Morgan fingerprint density at radius 1 is 0.893 bits per heavy atom. The van der Waals surface area contributed by atoms with Crippen LogP contribution in [0.25, 0.3) is 6.08 Å². The maximum Gasteiger partial charge on any atom is 0.330 e. The Morgan fingerprint density at radius 2 is 1.54 bits per heavy atom. The number of fused-ring (bicyclic) bond motifs is 1. The lowest BCUT2D eigenvalue weighted by molar-refractivity contribution is -0.134. The molecule has 146 valence electrons. The Balaban J connectivity index is 1.96. The first kappa shape index (κ1) is 20.1. The standard InChI is InChI=1S/C25H28O3/c1-24(2)13-14-25(3,4)21-16-19(10-11-20(21)24)23(27)18-8-6-7-17(15-18)9-12-22(26)28-5/h6-12,15-16H,13-14H2,1-5H3/b12-9+. The third-order valence-corrected chi connectivity index (χ3v) is 5.88. The van der Waals surface area contributed by atoms with E-state index in [2.05, 4.69) is 44.6 Å². The molecule has 1 aliphatic rings. The third kappa shape index (κ3) is 3.94. The summed E-state index contributed by atoms with van der Waals surface area (Å²) >= 11 is 0. The first-order valence-corrected chi connectivity index (χ1v) is 9.70. The van der Waals surface area contributed by atoms with Crippen molar-refractivity contribution in [1.82, 2.24) is 0 Å². The molecule has 3 nitrogen and oxygen atoms in total. The average Bonchev–Trinajstić information content (AvgIpc) is 2.69.